The van der Waals surface area contributed by atoms with Crippen LogP contribution in [0.5, 0.6) is 11.5 Å². The number of nitrogens with zero attached hydrogens (tertiary/aromatic N) is 4. The number of hydrogen-bond donors (Lipinski definition) is 0. The minimum Gasteiger partial charge on any atom is -0.510 e. The quantitative estimate of drug-likeness (QED) is 0.107. The van der Waals surface area contributed by atoms with Crippen molar-refractivity contribution >= 4 is 32.8 Å². The first kappa shape index (κ1) is 35.5. The zero-order valence-electron chi connectivity index (χ0n) is 72.1. The van der Waals surface area contributed by atoms with Crippen LogP contribution in [0.2, 0.25) is 0 Å². The molecule has 0 radical (unpaired) electrons. The number of ether oxygens (including phenoxy) is 1. The third-order valence-electron chi connectivity index (χ3n) is 16.1. The van der Waals surface area contributed by atoms with Gasteiger partial charge in [-0.15, -0.1) is 29.7 Å². The molecule has 0 bridgehead atoms. The summed E-state index contributed by atoms with van der Waals surface area (Å²) < 4.78 is 234. The Bertz CT molecular complexity index is 6460. The second-order valence-electron chi connectivity index (χ2n) is 22.5. The normalized spacial score (nSPS) is 15.8. The van der Waals surface area contributed by atoms with E-state index >= 15 is 0 Å². The number of benzene rings is 12. The van der Waals surface area contributed by atoms with Gasteiger partial charge in [0.2, 0.25) is 0 Å². The summed E-state index contributed by atoms with van der Waals surface area (Å²) >= 11 is 0. The fourth-order valence-electron chi connectivity index (χ4n) is 12.1. The number of rotatable bonds is 9. The summed E-state index contributed by atoms with van der Waals surface area (Å²) in [6.45, 7) is 0.349. The van der Waals surface area contributed by atoms with Gasteiger partial charge in [0.15, 0.2) is 0 Å². The molecule has 0 saturated heterocycles. The predicted molar refractivity (Wildman–Crippen MR) is 365 cm³/mol. The van der Waals surface area contributed by atoms with E-state index in [1.807, 2.05) is 47.0 Å². The number of aryl methyl sites for hydroxylation is 2. The Balaban J connectivity index is 0.0000102. The molecule has 5 nitrogen and oxygen atoms in total. The average molecular weight is 1360 g/mol. The standard InChI is InChI=1S/C84H60N4O.Pt/c1-54-23-19-24-55(2)80(54)74-39-22-38-73-72-37-21-36-67(58-29-13-8-14-30-58)81(72)71-35-16-15-33-68(71)75-48-62(61-46-59(56-25-9-6-10-26-56)45-60(47-61)57-27-11-7-12-28-57)49-78-83(75)87(82(73)74)53-86(78)64-31-20-32-65(51-64)89-66-41-42-70-69-34-17-18-40-76(69)88(77(70)52-66)79-50-63(43-44-85-79)84(3,4)5;/h6-50H,1-5H3;/q-2;/i1D3,2D3,6D,7D,8D,9D,10D,11D,12D,13D,14D,25D,26D,27D,28D,29D,30D,45D,46D,47D;. The van der Waals surface area contributed by atoms with E-state index in [4.69, 9.17) is 30.3 Å². The molecule has 0 aliphatic carbocycles. The molecule has 0 fully saturated rings. The Morgan fingerprint density at radius 3 is 1.79 bits per heavy atom. The van der Waals surface area contributed by atoms with E-state index in [9.17, 15) is 12.3 Å². The molecule has 0 spiro atoms. The molecule has 0 unspecified atom stereocenters. The molecule has 0 saturated carbocycles. The van der Waals surface area contributed by atoms with Gasteiger partial charge in [-0.25, -0.2) is 4.98 Å². The van der Waals surface area contributed by atoms with Crippen molar-refractivity contribution in [3.8, 4) is 118 Å². The van der Waals surface area contributed by atoms with Crippen LogP contribution in [0.3, 0.4) is 0 Å². The smallest absolute Gasteiger partial charge is 0.268 e. The van der Waals surface area contributed by atoms with E-state index in [1.54, 1.807) is 100 Å². The summed E-state index contributed by atoms with van der Waals surface area (Å²) in [7, 11) is 0. The van der Waals surface area contributed by atoms with Crippen molar-refractivity contribution in [2.45, 2.75) is 39.9 Å². The Labute approximate surface area is 573 Å². The maximum atomic E-state index is 10.5. The molecule has 434 valence electrons. The third kappa shape index (κ3) is 9.69. The number of hydrogen-bond acceptors (Lipinski definition) is 2. The molecule has 0 N–H and O–H groups in total. The van der Waals surface area contributed by atoms with Crippen molar-refractivity contribution in [2.75, 3.05) is 0 Å². The minimum atomic E-state index is -3.00. The van der Waals surface area contributed by atoms with Crippen molar-refractivity contribution in [1.29, 1.82) is 0 Å². The molecule has 3 aromatic heterocycles. The van der Waals surface area contributed by atoms with Gasteiger partial charge in [-0.1, -0.05) is 220 Å². The molecule has 1 aliphatic rings. The van der Waals surface area contributed by atoms with Gasteiger partial charge >= 0.3 is 0 Å². The van der Waals surface area contributed by atoms with Crippen molar-refractivity contribution in [3.05, 3.63) is 308 Å². The zero-order chi connectivity index (χ0) is 80.6. The molecule has 15 aromatic rings. The van der Waals surface area contributed by atoms with Gasteiger partial charge in [0.25, 0.3) is 6.33 Å². The van der Waals surface area contributed by atoms with Crippen LogP contribution in [-0.4, -0.2) is 14.1 Å². The van der Waals surface area contributed by atoms with E-state index < -0.39 is 150 Å². The van der Waals surface area contributed by atoms with Crippen LogP contribution in [-0.2, 0) is 26.5 Å². The Morgan fingerprint density at radius 2 is 1.08 bits per heavy atom. The number of imidazole rings is 1. The molecule has 0 amide bonds. The fraction of sp³-hybridized carbons (Fsp3) is 0.0714. The maximum Gasteiger partial charge on any atom is 0.268 e. The molecule has 12 aromatic carbocycles. The summed E-state index contributed by atoms with van der Waals surface area (Å²) in [5.41, 5.74) is -0.162. The zero-order valence-corrected chi connectivity index (χ0v) is 50.4. The first-order chi connectivity index (χ1) is 53.5. The minimum absolute atomic E-state index is 0. The number of fused-ring (bicyclic) bond motifs is 10. The number of para-hydroxylation sites is 2. The molecular formula is C84H60N4OPt-2. The van der Waals surface area contributed by atoms with Crippen LogP contribution in [0.25, 0.3) is 139 Å². The van der Waals surface area contributed by atoms with Crippen molar-refractivity contribution in [2.24, 2.45) is 0 Å². The van der Waals surface area contributed by atoms with Crippen molar-refractivity contribution in [3.63, 3.8) is 0 Å². The summed E-state index contributed by atoms with van der Waals surface area (Å²) in [5, 5.41) is 1.77. The number of pyridine rings is 1. The third-order valence-corrected chi connectivity index (χ3v) is 16.1. The first-order valence-corrected chi connectivity index (χ1v) is 28.5. The van der Waals surface area contributed by atoms with Gasteiger partial charge in [0, 0.05) is 52.5 Å². The molecule has 6 heteroatoms. The Hall–Kier alpha value is -10.5. The van der Waals surface area contributed by atoms with Crippen LogP contribution in [0.1, 0.15) is 70.4 Å². The van der Waals surface area contributed by atoms with E-state index in [0.29, 0.717) is 22.5 Å². The Morgan fingerprint density at radius 1 is 0.478 bits per heavy atom. The summed E-state index contributed by atoms with van der Waals surface area (Å²) in [4.78, 5) is 4.85. The molecule has 16 rings (SSSR count). The monoisotopic (exact) mass is 1360 g/mol. The van der Waals surface area contributed by atoms with Gasteiger partial charge < -0.3 is 13.9 Å². The predicted octanol–water partition coefficient (Wildman–Crippen LogP) is 21.2. The van der Waals surface area contributed by atoms with Gasteiger partial charge in [-0.2, -0.15) is 18.2 Å². The van der Waals surface area contributed by atoms with Crippen LogP contribution in [0, 0.1) is 32.2 Å². The Kier molecular flexibility index (Phi) is 8.92. The summed E-state index contributed by atoms with van der Waals surface area (Å²) in [5.74, 6) is 0.991. The van der Waals surface area contributed by atoms with E-state index in [-0.39, 0.29) is 122 Å². The molecular weight excluding hydrogens is 1280 g/mol. The average Bonchev–Trinajstić information content (AvgIpc) is 1.46. The summed E-state index contributed by atoms with van der Waals surface area (Å²) in [6.07, 6.45) is 5.34. The van der Waals surface area contributed by atoms with Crippen LogP contribution in [0.4, 0.5) is 0 Å². The van der Waals surface area contributed by atoms with E-state index in [1.165, 1.54) is 30.3 Å². The van der Waals surface area contributed by atoms with Gasteiger partial charge in [-0.05, 0) is 178 Å². The topological polar surface area (TPSA) is 35.9 Å². The summed E-state index contributed by atoms with van der Waals surface area (Å²) in [6, 6.07) is 36.8. The van der Waals surface area contributed by atoms with Crippen LogP contribution in [0.15, 0.2) is 273 Å². The van der Waals surface area contributed by atoms with E-state index in [0.717, 1.165) is 21.9 Å². The SMILES string of the molecule is [2H]c1c([2H])c([2H])c(-c2cccc3c2-c2ccccc2-c2cc(-c4c([2H])c(-c5c([2H])c([2H])c([2H])c([2H])c5[2H])c([2H])c(-c5c([2H])c([2H])c([2H])c([2H])c5[2H])c4[2H])cc4c2[n+]([c-]n4-c2[c-]c(Oc4[c-]c5c(cc4)c4ccccc4n5-c4cc(C(C)(C)C)ccn4)ccc2)-c2c-3cccc2-c2c(C([2H])([2H])[2H])cccc2C([2H])([2H])[2H])c([2H])c1[2H].[Pt]. The largest absolute Gasteiger partial charge is 0.510 e. The van der Waals surface area contributed by atoms with Gasteiger partial charge in [-0.3, -0.25) is 4.57 Å². The maximum absolute atomic E-state index is 10.5. The second-order valence-corrected chi connectivity index (χ2v) is 22.5. The molecule has 4 heterocycles. The van der Waals surface area contributed by atoms with Crippen molar-refractivity contribution < 1.29 is 63.3 Å². The first-order valence-electron chi connectivity index (χ1n) is 40.5. The fourth-order valence-corrected chi connectivity index (χ4v) is 12.1. The van der Waals surface area contributed by atoms with Crippen LogP contribution < -0.4 is 9.30 Å². The molecule has 1 aliphatic heterocycles. The van der Waals surface area contributed by atoms with E-state index in [2.05, 4.69) is 39.2 Å². The second kappa shape index (κ2) is 22.6. The molecule has 0 atom stereocenters. The van der Waals surface area contributed by atoms with Gasteiger partial charge in [0.05, 0.1) is 41.4 Å². The van der Waals surface area contributed by atoms with Gasteiger partial charge in [0.1, 0.15) is 5.82 Å². The van der Waals surface area contributed by atoms with Crippen molar-refractivity contribution in [1.82, 2.24) is 14.1 Å². The van der Waals surface area contributed by atoms with Crippen LogP contribution >= 0.6 is 0 Å². The molecule has 90 heavy (non-hydrogen) atoms. The number of aromatic nitrogens is 4.